The molecule has 2 unspecified atom stereocenters. The van der Waals surface area contributed by atoms with E-state index in [0.717, 1.165) is 32.2 Å². The first-order valence-electron chi connectivity index (χ1n) is 7.30. The van der Waals surface area contributed by atoms with Crippen molar-refractivity contribution in [1.82, 2.24) is 9.80 Å². The van der Waals surface area contributed by atoms with E-state index in [1.165, 1.54) is 25.7 Å². The number of nitrogens with zero attached hydrogens (tertiary/aromatic N) is 2. The number of hydrogen-bond donors (Lipinski definition) is 1. The second-order valence-corrected chi connectivity index (χ2v) is 5.88. The van der Waals surface area contributed by atoms with Gasteiger partial charge in [0.05, 0.1) is 5.92 Å². The Balaban J connectivity index is 1.80. The zero-order valence-electron chi connectivity index (χ0n) is 11.6. The van der Waals surface area contributed by atoms with Gasteiger partial charge < -0.3 is 5.11 Å². The summed E-state index contributed by atoms with van der Waals surface area (Å²) >= 11 is 0. The molecule has 0 aromatic carbocycles. The van der Waals surface area contributed by atoms with E-state index < -0.39 is 5.97 Å². The lowest BCUT2D eigenvalue weighted by Crippen LogP contribution is -2.54. The normalized spacial score (nSPS) is 27.2. The monoisotopic (exact) mass is 254 g/mol. The van der Waals surface area contributed by atoms with Crippen molar-refractivity contribution in [3.63, 3.8) is 0 Å². The predicted octanol–water partition coefficient (Wildman–Crippen LogP) is 1.66. The molecule has 1 aliphatic carbocycles. The van der Waals surface area contributed by atoms with Crippen molar-refractivity contribution in [2.45, 2.75) is 51.6 Å². The summed E-state index contributed by atoms with van der Waals surface area (Å²) in [4.78, 5) is 16.0. The Morgan fingerprint density at radius 2 is 1.67 bits per heavy atom. The van der Waals surface area contributed by atoms with Gasteiger partial charge in [0, 0.05) is 38.3 Å². The third kappa shape index (κ3) is 3.04. The fourth-order valence-electron chi connectivity index (χ4n) is 3.30. The minimum atomic E-state index is -0.680. The number of piperazine rings is 1. The van der Waals surface area contributed by atoms with Crippen LogP contribution in [-0.4, -0.2) is 59.1 Å². The van der Waals surface area contributed by atoms with Crippen molar-refractivity contribution in [2.75, 3.05) is 26.2 Å². The van der Waals surface area contributed by atoms with Gasteiger partial charge in [-0.2, -0.15) is 0 Å². The summed E-state index contributed by atoms with van der Waals surface area (Å²) < 4.78 is 0. The third-order valence-corrected chi connectivity index (χ3v) is 4.88. The van der Waals surface area contributed by atoms with Gasteiger partial charge >= 0.3 is 5.97 Å². The second kappa shape index (κ2) is 6.02. The molecule has 0 radical (unpaired) electrons. The molecular formula is C14H26N2O2. The SMILES string of the molecule is CC(C(=O)O)C(C)N1CCN(C2CCCC2)CC1. The van der Waals surface area contributed by atoms with E-state index in [4.69, 9.17) is 5.11 Å². The van der Waals surface area contributed by atoms with Crippen LogP contribution in [0.2, 0.25) is 0 Å². The number of hydrogen-bond acceptors (Lipinski definition) is 3. The molecule has 0 bridgehead atoms. The molecule has 4 nitrogen and oxygen atoms in total. The molecule has 1 saturated carbocycles. The minimum Gasteiger partial charge on any atom is -0.481 e. The quantitative estimate of drug-likeness (QED) is 0.828. The standard InChI is InChI=1S/C14H26N2O2/c1-11(14(17)18)12(2)15-7-9-16(10-8-15)13-5-3-4-6-13/h11-13H,3-10H2,1-2H3,(H,17,18). The van der Waals surface area contributed by atoms with E-state index in [1.807, 2.05) is 13.8 Å². The molecule has 1 aliphatic heterocycles. The Labute approximate surface area is 110 Å². The highest BCUT2D eigenvalue weighted by Crippen LogP contribution is 2.25. The molecule has 2 atom stereocenters. The first-order chi connectivity index (χ1) is 8.59. The number of rotatable bonds is 4. The van der Waals surface area contributed by atoms with Crippen LogP contribution in [0.3, 0.4) is 0 Å². The highest BCUT2D eigenvalue weighted by molar-refractivity contribution is 5.70. The molecule has 2 fully saturated rings. The van der Waals surface area contributed by atoms with Crippen LogP contribution in [0, 0.1) is 5.92 Å². The molecule has 1 N–H and O–H groups in total. The number of carboxylic acids is 1. The van der Waals surface area contributed by atoms with Crippen LogP contribution < -0.4 is 0 Å². The highest BCUT2D eigenvalue weighted by atomic mass is 16.4. The van der Waals surface area contributed by atoms with Gasteiger partial charge in [-0.3, -0.25) is 14.6 Å². The molecule has 2 rings (SSSR count). The van der Waals surface area contributed by atoms with Gasteiger partial charge in [-0.25, -0.2) is 0 Å². The van der Waals surface area contributed by atoms with E-state index in [9.17, 15) is 4.79 Å². The number of aliphatic carboxylic acids is 1. The van der Waals surface area contributed by atoms with Crippen LogP contribution in [-0.2, 0) is 4.79 Å². The lowest BCUT2D eigenvalue weighted by molar-refractivity contribution is -0.143. The molecule has 1 heterocycles. The van der Waals surface area contributed by atoms with E-state index in [-0.39, 0.29) is 12.0 Å². The van der Waals surface area contributed by atoms with Crippen LogP contribution in [0.15, 0.2) is 0 Å². The summed E-state index contributed by atoms with van der Waals surface area (Å²) in [6, 6.07) is 0.951. The summed E-state index contributed by atoms with van der Waals surface area (Å²) in [5.41, 5.74) is 0. The van der Waals surface area contributed by atoms with Crippen molar-refractivity contribution in [1.29, 1.82) is 0 Å². The topological polar surface area (TPSA) is 43.8 Å². The Morgan fingerprint density at radius 1 is 1.11 bits per heavy atom. The lowest BCUT2D eigenvalue weighted by atomic mass is 10.0. The first-order valence-corrected chi connectivity index (χ1v) is 7.30. The van der Waals surface area contributed by atoms with Gasteiger partial charge in [0.2, 0.25) is 0 Å². The average Bonchev–Trinajstić information content (AvgIpc) is 2.91. The maximum Gasteiger partial charge on any atom is 0.307 e. The van der Waals surface area contributed by atoms with E-state index >= 15 is 0 Å². The summed E-state index contributed by atoms with van der Waals surface area (Å²) in [5.74, 6) is -0.955. The van der Waals surface area contributed by atoms with Gasteiger partial charge in [-0.1, -0.05) is 19.8 Å². The fraction of sp³-hybridized carbons (Fsp3) is 0.929. The molecule has 104 valence electrons. The second-order valence-electron chi connectivity index (χ2n) is 5.88. The molecule has 0 amide bonds. The van der Waals surface area contributed by atoms with Crippen LogP contribution in [0.25, 0.3) is 0 Å². The molecule has 4 heteroatoms. The highest BCUT2D eigenvalue weighted by Gasteiger charge is 2.30. The van der Waals surface area contributed by atoms with E-state index in [0.29, 0.717) is 0 Å². The van der Waals surface area contributed by atoms with Crippen molar-refractivity contribution in [3.8, 4) is 0 Å². The molecule has 0 aromatic heterocycles. The molecule has 0 aromatic rings. The van der Waals surface area contributed by atoms with Crippen LogP contribution in [0.4, 0.5) is 0 Å². The zero-order chi connectivity index (χ0) is 13.1. The largest absolute Gasteiger partial charge is 0.481 e. The summed E-state index contributed by atoms with van der Waals surface area (Å²) in [6.07, 6.45) is 5.50. The molecule has 1 saturated heterocycles. The van der Waals surface area contributed by atoms with Gasteiger partial charge in [0.15, 0.2) is 0 Å². The minimum absolute atomic E-state index is 0.147. The Kier molecular flexibility index (Phi) is 4.62. The molecule has 18 heavy (non-hydrogen) atoms. The Bertz CT molecular complexity index is 282. The van der Waals surface area contributed by atoms with Gasteiger partial charge in [0.1, 0.15) is 0 Å². The average molecular weight is 254 g/mol. The molecular weight excluding hydrogens is 228 g/mol. The zero-order valence-corrected chi connectivity index (χ0v) is 11.6. The summed E-state index contributed by atoms with van der Waals surface area (Å²) in [7, 11) is 0. The van der Waals surface area contributed by atoms with Crippen molar-refractivity contribution < 1.29 is 9.90 Å². The van der Waals surface area contributed by atoms with Gasteiger partial charge in [-0.15, -0.1) is 0 Å². The molecule has 2 aliphatic rings. The number of carbonyl (C=O) groups is 1. The smallest absolute Gasteiger partial charge is 0.307 e. The van der Waals surface area contributed by atoms with Crippen LogP contribution in [0.1, 0.15) is 39.5 Å². The van der Waals surface area contributed by atoms with Crippen molar-refractivity contribution in [3.05, 3.63) is 0 Å². The fourth-order valence-corrected chi connectivity index (χ4v) is 3.30. The van der Waals surface area contributed by atoms with Crippen molar-refractivity contribution in [2.24, 2.45) is 5.92 Å². The van der Waals surface area contributed by atoms with E-state index in [1.54, 1.807) is 0 Å². The van der Waals surface area contributed by atoms with Gasteiger partial charge in [0.25, 0.3) is 0 Å². The number of carboxylic acid groups (broad SMARTS) is 1. The van der Waals surface area contributed by atoms with E-state index in [2.05, 4.69) is 9.80 Å². The van der Waals surface area contributed by atoms with Crippen molar-refractivity contribution >= 4 is 5.97 Å². The molecule has 0 spiro atoms. The summed E-state index contributed by atoms with van der Waals surface area (Å²) in [5, 5.41) is 9.07. The van der Waals surface area contributed by atoms with Crippen LogP contribution in [0.5, 0.6) is 0 Å². The lowest BCUT2D eigenvalue weighted by Gasteiger charge is -2.41. The summed E-state index contributed by atoms with van der Waals surface area (Å²) in [6.45, 7) is 8.13. The third-order valence-electron chi connectivity index (χ3n) is 4.88. The first kappa shape index (κ1) is 13.8. The maximum atomic E-state index is 11.0. The van der Waals surface area contributed by atoms with Gasteiger partial charge in [-0.05, 0) is 19.8 Å². The Morgan fingerprint density at radius 3 is 2.17 bits per heavy atom. The maximum absolute atomic E-state index is 11.0. The Hall–Kier alpha value is -0.610. The van der Waals surface area contributed by atoms with Crippen LogP contribution >= 0.6 is 0 Å². The predicted molar refractivity (Wildman–Crippen MR) is 71.7 cm³/mol.